The van der Waals surface area contributed by atoms with Crippen molar-refractivity contribution < 1.29 is 4.74 Å². The van der Waals surface area contributed by atoms with Crippen molar-refractivity contribution in [3.63, 3.8) is 0 Å². The standard InChI is InChI=1S/C17H25N3O/c1-21-17-8-7-14(13-5-2-3-6-15(13)17)16(19)9-12-20-11-4-10-18/h2-3,5-8,16,20H,4,9-12,18-19H2,1H3. The lowest BCUT2D eigenvalue weighted by atomic mass is 9.96. The maximum atomic E-state index is 6.36. The first-order chi connectivity index (χ1) is 10.3. The lowest BCUT2D eigenvalue weighted by Crippen LogP contribution is -2.23. The lowest BCUT2D eigenvalue weighted by molar-refractivity contribution is 0.419. The Kier molecular flexibility index (Phi) is 5.99. The average Bonchev–Trinajstić information content (AvgIpc) is 2.53. The van der Waals surface area contributed by atoms with Crippen LogP contribution in [0.2, 0.25) is 0 Å². The van der Waals surface area contributed by atoms with E-state index in [1.54, 1.807) is 7.11 Å². The Bertz CT molecular complexity index is 571. The van der Waals surface area contributed by atoms with Gasteiger partial charge in [-0.1, -0.05) is 30.3 Å². The van der Waals surface area contributed by atoms with Gasteiger partial charge in [-0.15, -0.1) is 0 Å². The highest BCUT2D eigenvalue weighted by molar-refractivity contribution is 5.91. The maximum absolute atomic E-state index is 6.36. The molecule has 0 aromatic heterocycles. The molecule has 2 aromatic rings. The normalized spacial score (nSPS) is 12.5. The maximum Gasteiger partial charge on any atom is 0.126 e. The van der Waals surface area contributed by atoms with E-state index >= 15 is 0 Å². The number of nitrogens with two attached hydrogens (primary N) is 2. The molecule has 4 heteroatoms. The van der Waals surface area contributed by atoms with Crippen molar-refractivity contribution in [3.8, 4) is 5.75 Å². The first kappa shape index (κ1) is 15.8. The van der Waals surface area contributed by atoms with Gasteiger partial charge in [0, 0.05) is 11.4 Å². The summed E-state index contributed by atoms with van der Waals surface area (Å²) < 4.78 is 5.42. The molecule has 0 spiro atoms. The molecule has 0 fully saturated rings. The topological polar surface area (TPSA) is 73.3 Å². The largest absolute Gasteiger partial charge is 0.496 e. The molecule has 0 radical (unpaired) electrons. The van der Waals surface area contributed by atoms with Crippen LogP contribution in [0.15, 0.2) is 36.4 Å². The van der Waals surface area contributed by atoms with Gasteiger partial charge in [0.25, 0.3) is 0 Å². The number of fused-ring (bicyclic) bond motifs is 1. The number of hydrogen-bond donors (Lipinski definition) is 3. The quantitative estimate of drug-likeness (QED) is 0.651. The number of methoxy groups -OCH3 is 1. The van der Waals surface area contributed by atoms with E-state index in [1.807, 2.05) is 18.2 Å². The third-order valence-corrected chi connectivity index (χ3v) is 3.73. The van der Waals surface area contributed by atoms with Gasteiger partial charge in [0.15, 0.2) is 0 Å². The van der Waals surface area contributed by atoms with E-state index in [0.29, 0.717) is 0 Å². The minimum Gasteiger partial charge on any atom is -0.496 e. The van der Waals surface area contributed by atoms with E-state index in [-0.39, 0.29) is 6.04 Å². The summed E-state index contributed by atoms with van der Waals surface area (Å²) in [6.45, 7) is 2.58. The number of hydrogen-bond acceptors (Lipinski definition) is 4. The predicted molar refractivity (Wildman–Crippen MR) is 88.6 cm³/mol. The van der Waals surface area contributed by atoms with Crippen molar-refractivity contribution in [1.82, 2.24) is 5.32 Å². The Hall–Kier alpha value is -1.62. The first-order valence-electron chi connectivity index (χ1n) is 7.50. The van der Waals surface area contributed by atoms with Crippen LogP contribution >= 0.6 is 0 Å². The van der Waals surface area contributed by atoms with Gasteiger partial charge in [-0.05, 0) is 49.5 Å². The van der Waals surface area contributed by atoms with E-state index in [0.717, 1.165) is 43.6 Å². The van der Waals surface area contributed by atoms with E-state index in [9.17, 15) is 0 Å². The van der Waals surface area contributed by atoms with E-state index in [2.05, 4.69) is 23.5 Å². The van der Waals surface area contributed by atoms with Gasteiger partial charge in [-0.3, -0.25) is 0 Å². The van der Waals surface area contributed by atoms with E-state index < -0.39 is 0 Å². The molecule has 5 N–H and O–H groups in total. The van der Waals surface area contributed by atoms with Crippen LogP contribution in [0.3, 0.4) is 0 Å². The molecule has 1 unspecified atom stereocenters. The van der Waals surface area contributed by atoms with Gasteiger partial charge in [-0.2, -0.15) is 0 Å². The van der Waals surface area contributed by atoms with Crippen LogP contribution in [-0.4, -0.2) is 26.7 Å². The number of ether oxygens (including phenoxy) is 1. The number of nitrogens with one attached hydrogen (secondary N) is 1. The molecule has 0 saturated heterocycles. The zero-order valence-electron chi connectivity index (χ0n) is 12.6. The molecule has 114 valence electrons. The molecule has 2 rings (SSSR count). The highest BCUT2D eigenvalue weighted by atomic mass is 16.5. The monoisotopic (exact) mass is 287 g/mol. The van der Waals surface area contributed by atoms with Gasteiger partial charge in [-0.25, -0.2) is 0 Å². The summed E-state index contributed by atoms with van der Waals surface area (Å²) in [5.41, 5.74) is 13.0. The van der Waals surface area contributed by atoms with Gasteiger partial charge >= 0.3 is 0 Å². The second-order valence-electron chi connectivity index (χ2n) is 5.19. The van der Waals surface area contributed by atoms with Crippen LogP contribution in [0.4, 0.5) is 0 Å². The third-order valence-electron chi connectivity index (χ3n) is 3.73. The number of benzene rings is 2. The van der Waals surface area contributed by atoms with Crippen LogP contribution in [-0.2, 0) is 0 Å². The fraction of sp³-hybridized carbons (Fsp3) is 0.412. The molecule has 0 saturated carbocycles. The highest BCUT2D eigenvalue weighted by Crippen LogP contribution is 2.31. The Morgan fingerprint density at radius 1 is 1.10 bits per heavy atom. The molecule has 1 atom stereocenters. The molecule has 0 bridgehead atoms. The van der Waals surface area contributed by atoms with Gasteiger partial charge in [0.1, 0.15) is 5.75 Å². The van der Waals surface area contributed by atoms with Crippen LogP contribution < -0.4 is 21.5 Å². The fourth-order valence-electron chi connectivity index (χ4n) is 2.56. The Morgan fingerprint density at radius 3 is 2.57 bits per heavy atom. The van der Waals surface area contributed by atoms with Crippen molar-refractivity contribution in [1.29, 1.82) is 0 Å². The van der Waals surface area contributed by atoms with Gasteiger partial charge in [0.05, 0.1) is 7.11 Å². The molecule has 4 nitrogen and oxygen atoms in total. The van der Waals surface area contributed by atoms with Crippen LogP contribution in [0.25, 0.3) is 10.8 Å². The molecule has 0 aliphatic heterocycles. The number of rotatable bonds is 8. The first-order valence-corrected chi connectivity index (χ1v) is 7.50. The van der Waals surface area contributed by atoms with Crippen molar-refractivity contribution >= 4 is 10.8 Å². The molecule has 0 aliphatic rings. The Morgan fingerprint density at radius 2 is 1.86 bits per heavy atom. The zero-order valence-corrected chi connectivity index (χ0v) is 12.6. The minimum absolute atomic E-state index is 0.0196. The molecule has 0 aliphatic carbocycles. The van der Waals surface area contributed by atoms with Crippen molar-refractivity contribution in [2.24, 2.45) is 11.5 Å². The average molecular weight is 287 g/mol. The van der Waals surface area contributed by atoms with E-state index in [4.69, 9.17) is 16.2 Å². The van der Waals surface area contributed by atoms with Crippen LogP contribution in [0.1, 0.15) is 24.4 Å². The Balaban J connectivity index is 2.10. The highest BCUT2D eigenvalue weighted by Gasteiger charge is 2.12. The predicted octanol–water partition coefficient (Wildman–Crippen LogP) is 2.18. The molecule has 21 heavy (non-hydrogen) atoms. The summed E-state index contributed by atoms with van der Waals surface area (Å²) in [5, 5.41) is 5.66. The zero-order chi connectivity index (χ0) is 15.1. The molecule has 0 amide bonds. The van der Waals surface area contributed by atoms with Crippen molar-refractivity contribution in [2.75, 3.05) is 26.7 Å². The van der Waals surface area contributed by atoms with Crippen molar-refractivity contribution in [2.45, 2.75) is 18.9 Å². The molecule has 2 aromatic carbocycles. The summed E-state index contributed by atoms with van der Waals surface area (Å²) in [7, 11) is 1.70. The van der Waals surface area contributed by atoms with E-state index in [1.165, 1.54) is 10.9 Å². The smallest absolute Gasteiger partial charge is 0.126 e. The summed E-state index contributed by atoms with van der Waals surface area (Å²) in [5.74, 6) is 0.891. The van der Waals surface area contributed by atoms with Crippen LogP contribution in [0, 0.1) is 0 Å². The SMILES string of the molecule is COc1ccc(C(N)CCNCCCN)c2ccccc12. The fourth-order valence-corrected chi connectivity index (χ4v) is 2.56. The third kappa shape index (κ3) is 3.94. The lowest BCUT2D eigenvalue weighted by Gasteiger charge is -2.16. The summed E-state index contributed by atoms with van der Waals surface area (Å²) in [6, 6.07) is 12.3. The molecular formula is C17H25N3O. The van der Waals surface area contributed by atoms with Gasteiger partial charge in [0.2, 0.25) is 0 Å². The summed E-state index contributed by atoms with van der Waals surface area (Å²) >= 11 is 0. The Labute approximate surface area is 126 Å². The summed E-state index contributed by atoms with van der Waals surface area (Å²) in [4.78, 5) is 0. The minimum atomic E-state index is 0.0196. The summed E-state index contributed by atoms with van der Waals surface area (Å²) in [6.07, 6.45) is 1.90. The molecule has 0 heterocycles. The van der Waals surface area contributed by atoms with Crippen LogP contribution in [0.5, 0.6) is 5.75 Å². The molecular weight excluding hydrogens is 262 g/mol. The van der Waals surface area contributed by atoms with Crippen molar-refractivity contribution in [3.05, 3.63) is 42.0 Å². The second-order valence-corrected chi connectivity index (χ2v) is 5.19. The van der Waals surface area contributed by atoms with Gasteiger partial charge < -0.3 is 21.5 Å². The second kappa shape index (κ2) is 7.98.